The Labute approximate surface area is 290 Å². The van der Waals surface area contributed by atoms with E-state index in [2.05, 4.69) is 74.3 Å². The summed E-state index contributed by atoms with van der Waals surface area (Å²) in [6, 6.07) is 40.1. The Morgan fingerprint density at radius 1 is 0.886 bits per heavy atom. The number of hydrogen-bond acceptors (Lipinski definition) is 4. The van der Waals surface area contributed by atoms with E-state index in [9.17, 15) is 0 Å². The normalized spacial score (nSPS) is 11.9. The number of nitrogens with zero attached hydrogens (tertiary/aromatic N) is 4. The van der Waals surface area contributed by atoms with Crippen molar-refractivity contribution in [2.75, 3.05) is 11.9 Å². The summed E-state index contributed by atoms with van der Waals surface area (Å²) < 4.78 is 7.61. The number of aromatic nitrogens is 2. The topological polar surface area (TPSA) is 33.5 Å². The van der Waals surface area contributed by atoms with Gasteiger partial charge < -0.3 is 42.1 Å². The van der Waals surface area contributed by atoms with Gasteiger partial charge in [-0.3, -0.25) is 12.1 Å². The average molecular weight is 936 g/mol. The van der Waals surface area contributed by atoms with Crippen molar-refractivity contribution in [1.82, 2.24) is 14.5 Å². The van der Waals surface area contributed by atoms with Crippen LogP contribution in [0.5, 0.6) is 11.5 Å². The van der Waals surface area contributed by atoms with Crippen molar-refractivity contribution in [3.05, 3.63) is 147 Å². The van der Waals surface area contributed by atoms with Gasteiger partial charge in [0.05, 0.1) is 0 Å². The molecule has 44 heavy (non-hydrogen) atoms. The van der Waals surface area contributed by atoms with Crippen molar-refractivity contribution in [2.45, 2.75) is 26.2 Å². The third-order valence-electron chi connectivity index (χ3n) is 6.37. The molecule has 0 saturated carbocycles. The maximum Gasteiger partial charge on any atom is 4.00 e. The van der Waals surface area contributed by atoms with Gasteiger partial charge in [-0.1, -0.05) is 26.5 Å². The maximum absolute atomic E-state index is 6.57. The first-order valence-corrected chi connectivity index (χ1v) is 13.4. The van der Waals surface area contributed by atoms with Crippen LogP contribution in [0.25, 0.3) is 22.4 Å². The Bertz CT molecular complexity index is 1700. The molecule has 0 bridgehead atoms. The van der Waals surface area contributed by atoms with E-state index in [1.165, 1.54) is 5.56 Å². The molecule has 1 aliphatic rings. The quantitative estimate of drug-likeness (QED) is 0.134. The Hall–Kier alpha value is -3.83. The summed E-state index contributed by atoms with van der Waals surface area (Å²) in [7, 11) is 1.98. The third-order valence-corrected chi connectivity index (χ3v) is 6.37. The van der Waals surface area contributed by atoms with Crippen LogP contribution < -0.4 is 9.64 Å². The average Bonchev–Trinajstić information content (AvgIpc) is 3.70. The molecule has 0 radical (unpaired) electrons. The van der Waals surface area contributed by atoms with E-state index in [1.54, 1.807) is 23.2 Å². The van der Waals surface area contributed by atoms with Gasteiger partial charge in [0.25, 0.3) is 0 Å². The monoisotopic (exact) mass is 935 g/mol. The summed E-state index contributed by atoms with van der Waals surface area (Å²) >= 11 is 0. The smallest absolute Gasteiger partial charge is 0.669 e. The molecule has 2 aromatic heterocycles. The second-order valence-electron chi connectivity index (χ2n) is 10.6. The summed E-state index contributed by atoms with van der Waals surface area (Å²) in [5.41, 5.74) is 5.45. The zero-order valence-corrected chi connectivity index (χ0v) is 29.2. The Morgan fingerprint density at radius 2 is 1.66 bits per heavy atom. The number of rotatable bonds is 5. The van der Waals surface area contributed by atoms with Crippen molar-refractivity contribution in [1.29, 1.82) is 0 Å². The van der Waals surface area contributed by atoms with E-state index >= 15 is 0 Å². The second kappa shape index (κ2) is 15.8. The minimum absolute atomic E-state index is 0. The molecule has 0 unspecified atom stereocenters. The van der Waals surface area contributed by atoms with E-state index in [0.717, 1.165) is 16.8 Å². The van der Waals surface area contributed by atoms with Gasteiger partial charge >= 0.3 is 21.1 Å². The van der Waals surface area contributed by atoms with Crippen molar-refractivity contribution in [2.24, 2.45) is 0 Å². The molecule has 226 valence electrons. The molecule has 0 aliphatic carbocycles. The second-order valence-corrected chi connectivity index (χ2v) is 10.6. The molecule has 5 aromatic rings. The Balaban J connectivity index is 0.000000520. The molecule has 5 nitrogen and oxygen atoms in total. The zero-order valence-electron chi connectivity index (χ0n) is 24.6. The predicted molar refractivity (Wildman–Crippen MR) is 165 cm³/mol. The molecule has 0 N–H and O–H groups in total. The van der Waals surface area contributed by atoms with Crippen LogP contribution in [-0.2, 0) is 47.5 Å². The fourth-order valence-corrected chi connectivity index (χ4v) is 4.09. The van der Waals surface area contributed by atoms with E-state index in [0.29, 0.717) is 22.8 Å². The maximum atomic E-state index is 6.57. The van der Waals surface area contributed by atoms with Gasteiger partial charge in [-0.05, 0) is 43.2 Å². The first kappa shape index (κ1) is 34.7. The SMILES string of the molecule is CN1C=CN(c2[c-]c(Oc3[c-]c(-c4[c-]c(-c5[c-]cc(C(C)(C)C)cc5)ccn4)[c-]cc3)ccc2)[CH-]1.[C-]#Cn1cccc1.[Pt+4].[Pt]. The standard InChI is InChI=1S/C31H25N3O.C6H4N.2Pt/c1-31(2,3)26-13-11-23(12-14-26)24-15-16-32-30(20-24)25-7-5-9-28(19-25)35-29-10-6-8-27(21-29)34-18-17-33(4)22-34;1-2-7-5-3-4-6-7;;/h5-6,8-11,13-18,22H,1-4H3;3-6H;;/q-6;-1;;+4. The van der Waals surface area contributed by atoms with Gasteiger partial charge in [0.15, 0.2) is 0 Å². The molecule has 0 spiro atoms. The van der Waals surface area contributed by atoms with Crippen LogP contribution in [0.15, 0.2) is 97.7 Å². The molecule has 6 rings (SSSR count). The Morgan fingerprint density at radius 3 is 2.30 bits per heavy atom. The number of benzene rings is 3. The van der Waals surface area contributed by atoms with E-state index in [4.69, 9.17) is 11.2 Å². The van der Waals surface area contributed by atoms with Gasteiger partial charge in [-0.2, -0.15) is 54.8 Å². The number of anilines is 1. The summed E-state index contributed by atoms with van der Waals surface area (Å²) in [5, 5.41) is 0. The summed E-state index contributed by atoms with van der Waals surface area (Å²) in [5.74, 6) is 1.17. The van der Waals surface area contributed by atoms with Crippen molar-refractivity contribution in [3.63, 3.8) is 0 Å². The van der Waals surface area contributed by atoms with Gasteiger partial charge in [-0.15, -0.1) is 29.4 Å². The molecule has 1 aliphatic heterocycles. The first-order chi connectivity index (χ1) is 20.3. The fraction of sp³-hybridized carbons (Fsp3) is 0.135. The number of ether oxygens (including phenoxy) is 1. The van der Waals surface area contributed by atoms with Gasteiger partial charge in [0, 0.05) is 39.2 Å². The van der Waals surface area contributed by atoms with E-state index in [-0.39, 0.29) is 47.5 Å². The van der Waals surface area contributed by atoms with Crippen molar-refractivity contribution < 1.29 is 46.9 Å². The minimum atomic E-state index is 0. The molecule has 3 heterocycles. The van der Waals surface area contributed by atoms with Crippen LogP contribution in [-0.4, -0.2) is 21.5 Å². The summed E-state index contributed by atoms with van der Waals surface area (Å²) in [6.45, 7) is 8.56. The zero-order chi connectivity index (χ0) is 29.5. The molecule has 7 heteroatoms. The minimum Gasteiger partial charge on any atom is -0.669 e. The van der Waals surface area contributed by atoms with Gasteiger partial charge in [0.2, 0.25) is 0 Å². The predicted octanol–water partition coefficient (Wildman–Crippen LogP) is 7.73. The number of hydrogen-bond donors (Lipinski definition) is 0. The van der Waals surface area contributed by atoms with Crippen molar-refractivity contribution in [3.8, 4) is 39.9 Å². The fourth-order valence-electron chi connectivity index (χ4n) is 4.09. The summed E-state index contributed by atoms with van der Waals surface area (Å²) in [4.78, 5) is 8.45. The molecule has 0 amide bonds. The van der Waals surface area contributed by atoms with Gasteiger partial charge in [-0.25, -0.2) is 23.2 Å². The molecule has 0 fully saturated rings. The van der Waals surface area contributed by atoms with Crippen LogP contribution in [0.3, 0.4) is 0 Å². The first-order valence-electron chi connectivity index (χ1n) is 13.4. The van der Waals surface area contributed by atoms with Crippen LogP contribution >= 0.6 is 0 Å². The molecular formula is C37H29N4OPt2-3. The summed E-state index contributed by atoms with van der Waals surface area (Å²) in [6.07, 6.45) is 15.8. The van der Waals surface area contributed by atoms with Crippen LogP contribution in [0.2, 0.25) is 0 Å². The molecule has 0 saturated heterocycles. The molecule has 0 atom stereocenters. The van der Waals surface area contributed by atoms with E-state index < -0.39 is 0 Å². The van der Waals surface area contributed by atoms with Crippen LogP contribution in [0, 0.1) is 49.5 Å². The molecular weight excluding hydrogens is 907 g/mol. The number of pyridine rings is 1. The third kappa shape index (κ3) is 9.09. The van der Waals surface area contributed by atoms with Crippen LogP contribution in [0.1, 0.15) is 26.3 Å². The van der Waals surface area contributed by atoms with Crippen LogP contribution in [0.4, 0.5) is 5.69 Å². The van der Waals surface area contributed by atoms with Crippen molar-refractivity contribution >= 4 is 5.69 Å². The largest absolute Gasteiger partial charge is 4.00 e. The van der Waals surface area contributed by atoms with E-state index in [1.807, 2.05) is 90.5 Å². The van der Waals surface area contributed by atoms with Gasteiger partial charge in [0.1, 0.15) is 0 Å². The Kier molecular flexibility index (Phi) is 12.4. The molecule has 3 aromatic carbocycles.